The van der Waals surface area contributed by atoms with Crippen LogP contribution in [0.3, 0.4) is 0 Å². The molecule has 1 atom stereocenters. The maximum absolute atomic E-state index is 12.2. The number of hydrogen-bond donors (Lipinski definition) is 0. The van der Waals surface area contributed by atoms with Crippen LogP contribution >= 0.6 is 0 Å². The van der Waals surface area contributed by atoms with Crippen molar-refractivity contribution in [1.29, 1.82) is 0 Å². The van der Waals surface area contributed by atoms with E-state index in [1.165, 1.54) is 18.4 Å². The third-order valence-corrected chi connectivity index (χ3v) is 4.09. The van der Waals surface area contributed by atoms with E-state index in [0.717, 1.165) is 25.8 Å². The summed E-state index contributed by atoms with van der Waals surface area (Å²) in [4.78, 5) is 14.3. The van der Waals surface area contributed by atoms with E-state index >= 15 is 0 Å². The molecule has 1 amide bonds. The molecule has 2 nitrogen and oxygen atoms in total. The van der Waals surface area contributed by atoms with Crippen molar-refractivity contribution in [3.63, 3.8) is 0 Å². The Morgan fingerprint density at radius 2 is 2.00 bits per heavy atom. The van der Waals surface area contributed by atoms with Crippen LogP contribution in [0.1, 0.15) is 37.7 Å². The van der Waals surface area contributed by atoms with Gasteiger partial charge in [0.15, 0.2) is 0 Å². The van der Waals surface area contributed by atoms with Crippen LogP contribution in [-0.4, -0.2) is 23.4 Å². The molecule has 19 heavy (non-hydrogen) atoms. The number of rotatable bonds is 4. The van der Waals surface area contributed by atoms with E-state index in [2.05, 4.69) is 29.2 Å². The van der Waals surface area contributed by atoms with E-state index in [1.807, 2.05) is 18.2 Å². The maximum atomic E-state index is 12.2. The van der Waals surface area contributed by atoms with Gasteiger partial charge in [-0.3, -0.25) is 4.79 Å². The molecule has 2 fully saturated rings. The van der Waals surface area contributed by atoms with Crippen LogP contribution in [0.15, 0.2) is 36.4 Å². The molecule has 2 heteroatoms. The first-order valence-electron chi connectivity index (χ1n) is 7.35. The number of likely N-dealkylation sites (tertiary alicyclic amines) is 1. The summed E-state index contributed by atoms with van der Waals surface area (Å²) < 4.78 is 0. The molecule has 3 rings (SSSR count). The van der Waals surface area contributed by atoms with Gasteiger partial charge in [0.25, 0.3) is 0 Å². The Labute approximate surface area is 115 Å². The molecule has 1 saturated carbocycles. The summed E-state index contributed by atoms with van der Waals surface area (Å²) >= 11 is 0. The predicted molar refractivity (Wildman–Crippen MR) is 77.6 cm³/mol. The molecule has 0 radical (unpaired) electrons. The second kappa shape index (κ2) is 5.60. The summed E-state index contributed by atoms with van der Waals surface area (Å²) in [6.07, 6.45) is 9.88. The normalized spacial score (nSPS) is 23.2. The fourth-order valence-electron chi connectivity index (χ4n) is 2.77. The van der Waals surface area contributed by atoms with Gasteiger partial charge in [0.1, 0.15) is 0 Å². The molecule has 0 bridgehead atoms. The lowest BCUT2D eigenvalue weighted by molar-refractivity contribution is -0.131. The second-order valence-corrected chi connectivity index (χ2v) is 5.71. The fraction of sp³-hybridized carbons (Fsp3) is 0.471. The molecule has 100 valence electrons. The number of carbonyl (C=O) groups is 1. The van der Waals surface area contributed by atoms with E-state index in [4.69, 9.17) is 0 Å². The maximum Gasteiger partial charge on any atom is 0.223 e. The molecule has 1 aliphatic carbocycles. The minimum absolute atomic E-state index is 0.312. The van der Waals surface area contributed by atoms with Crippen molar-refractivity contribution >= 4 is 12.0 Å². The lowest BCUT2D eigenvalue weighted by Crippen LogP contribution is -2.34. The van der Waals surface area contributed by atoms with Crippen LogP contribution in [0, 0.1) is 5.92 Å². The largest absolute Gasteiger partial charge is 0.336 e. The first-order valence-corrected chi connectivity index (χ1v) is 7.35. The highest BCUT2D eigenvalue weighted by Gasteiger charge is 2.31. The van der Waals surface area contributed by atoms with Gasteiger partial charge in [0.2, 0.25) is 5.91 Å². The predicted octanol–water partition coefficient (Wildman–Crippen LogP) is 3.49. The van der Waals surface area contributed by atoms with Crippen LogP contribution in [0.5, 0.6) is 0 Å². The molecular weight excluding hydrogens is 234 g/mol. The Kier molecular flexibility index (Phi) is 3.67. The minimum atomic E-state index is 0.312. The van der Waals surface area contributed by atoms with Gasteiger partial charge in [-0.1, -0.05) is 42.5 Å². The van der Waals surface area contributed by atoms with Gasteiger partial charge in [0, 0.05) is 13.0 Å². The summed E-state index contributed by atoms with van der Waals surface area (Å²) in [6, 6.07) is 10.6. The zero-order valence-electron chi connectivity index (χ0n) is 11.3. The van der Waals surface area contributed by atoms with Crippen LogP contribution in [-0.2, 0) is 4.79 Å². The van der Waals surface area contributed by atoms with Gasteiger partial charge < -0.3 is 4.90 Å². The Morgan fingerprint density at radius 3 is 2.74 bits per heavy atom. The topological polar surface area (TPSA) is 20.3 Å². The molecular formula is C17H21NO. The lowest BCUT2D eigenvalue weighted by Gasteiger charge is -2.22. The average Bonchev–Trinajstić information content (AvgIpc) is 3.12. The van der Waals surface area contributed by atoms with Crippen molar-refractivity contribution in [3.8, 4) is 0 Å². The molecule has 1 aromatic carbocycles. The van der Waals surface area contributed by atoms with Gasteiger partial charge in [-0.25, -0.2) is 0 Å². The van der Waals surface area contributed by atoms with Gasteiger partial charge in [-0.05, 0) is 37.2 Å². The van der Waals surface area contributed by atoms with Gasteiger partial charge in [-0.15, -0.1) is 0 Å². The summed E-state index contributed by atoms with van der Waals surface area (Å²) in [5.41, 5.74) is 1.21. The van der Waals surface area contributed by atoms with Crippen molar-refractivity contribution in [2.75, 3.05) is 6.54 Å². The fourth-order valence-corrected chi connectivity index (χ4v) is 2.77. The number of hydrogen-bond acceptors (Lipinski definition) is 1. The van der Waals surface area contributed by atoms with Gasteiger partial charge in [-0.2, -0.15) is 0 Å². The lowest BCUT2D eigenvalue weighted by atomic mass is 10.1. The first-order chi connectivity index (χ1) is 9.33. The molecule has 1 unspecified atom stereocenters. The van der Waals surface area contributed by atoms with Crippen LogP contribution < -0.4 is 0 Å². The van der Waals surface area contributed by atoms with Crippen LogP contribution in [0.4, 0.5) is 0 Å². The van der Waals surface area contributed by atoms with Crippen molar-refractivity contribution < 1.29 is 4.79 Å². The first kappa shape index (κ1) is 12.5. The summed E-state index contributed by atoms with van der Waals surface area (Å²) in [7, 11) is 0. The van der Waals surface area contributed by atoms with Crippen molar-refractivity contribution in [1.82, 2.24) is 4.90 Å². The molecule has 0 spiro atoms. The Hall–Kier alpha value is -1.57. The number of amides is 1. The standard InChI is InChI=1S/C17H21NO/c19-17(13-15-8-9-15)18-12-4-7-16(18)11-10-14-5-2-1-3-6-14/h1-3,5-6,10-11,15-16H,4,7-9,12-13H2/b11-10+. The summed E-state index contributed by atoms with van der Waals surface area (Å²) in [5, 5.41) is 0. The second-order valence-electron chi connectivity index (χ2n) is 5.71. The molecule has 0 aromatic heterocycles. The van der Waals surface area contributed by atoms with Crippen molar-refractivity contribution in [2.24, 2.45) is 5.92 Å². The van der Waals surface area contributed by atoms with E-state index < -0.39 is 0 Å². The summed E-state index contributed by atoms with van der Waals surface area (Å²) in [6.45, 7) is 0.940. The van der Waals surface area contributed by atoms with Gasteiger partial charge in [0.05, 0.1) is 6.04 Å². The Bertz CT molecular complexity index is 461. The highest BCUT2D eigenvalue weighted by molar-refractivity contribution is 5.77. The molecule has 1 saturated heterocycles. The zero-order chi connectivity index (χ0) is 13.1. The number of benzene rings is 1. The van der Waals surface area contributed by atoms with Crippen molar-refractivity contribution in [3.05, 3.63) is 42.0 Å². The quantitative estimate of drug-likeness (QED) is 0.806. The third-order valence-electron chi connectivity index (χ3n) is 4.09. The zero-order valence-corrected chi connectivity index (χ0v) is 11.3. The summed E-state index contributed by atoms with van der Waals surface area (Å²) in [5.74, 6) is 1.05. The van der Waals surface area contributed by atoms with Crippen LogP contribution in [0.2, 0.25) is 0 Å². The molecule has 1 heterocycles. The van der Waals surface area contributed by atoms with E-state index in [1.54, 1.807) is 0 Å². The molecule has 1 aliphatic heterocycles. The average molecular weight is 255 g/mol. The van der Waals surface area contributed by atoms with Crippen LogP contribution in [0.25, 0.3) is 6.08 Å². The highest BCUT2D eigenvalue weighted by atomic mass is 16.2. The molecule has 2 aliphatic rings. The Morgan fingerprint density at radius 1 is 1.21 bits per heavy atom. The Balaban J connectivity index is 1.62. The molecule has 0 N–H and O–H groups in total. The van der Waals surface area contributed by atoms with E-state index in [-0.39, 0.29) is 0 Å². The van der Waals surface area contributed by atoms with E-state index in [9.17, 15) is 4.79 Å². The van der Waals surface area contributed by atoms with E-state index in [0.29, 0.717) is 17.9 Å². The minimum Gasteiger partial charge on any atom is -0.336 e. The monoisotopic (exact) mass is 255 g/mol. The number of carbonyl (C=O) groups excluding carboxylic acids is 1. The number of nitrogens with zero attached hydrogens (tertiary/aromatic N) is 1. The highest BCUT2D eigenvalue weighted by Crippen LogP contribution is 2.34. The smallest absolute Gasteiger partial charge is 0.223 e. The SMILES string of the molecule is O=C(CC1CC1)N1CCCC1/C=C/c1ccccc1. The van der Waals surface area contributed by atoms with Gasteiger partial charge >= 0.3 is 0 Å². The third kappa shape index (κ3) is 3.25. The van der Waals surface area contributed by atoms with Crippen molar-refractivity contribution in [2.45, 2.75) is 38.1 Å². The molecule has 1 aromatic rings.